The lowest BCUT2D eigenvalue weighted by Crippen LogP contribution is -2.42. The van der Waals surface area contributed by atoms with Gasteiger partial charge in [-0.2, -0.15) is 0 Å². The van der Waals surface area contributed by atoms with Gasteiger partial charge in [0.05, 0.1) is 7.11 Å². The van der Waals surface area contributed by atoms with Crippen molar-refractivity contribution in [1.82, 2.24) is 5.32 Å². The number of hydrogen-bond donors (Lipinski definition) is 2. The van der Waals surface area contributed by atoms with Crippen LogP contribution in [0.25, 0.3) is 0 Å². The minimum Gasteiger partial charge on any atom is -0.494 e. The van der Waals surface area contributed by atoms with Crippen molar-refractivity contribution >= 4 is 5.97 Å². The molecule has 100 valence electrons. The van der Waals surface area contributed by atoms with E-state index < -0.39 is 17.8 Å². The summed E-state index contributed by atoms with van der Waals surface area (Å²) in [5.74, 6) is -1.27. The van der Waals surface area contributed by atoms with Crippen LogP contribution in [-0.4, -0.2) is 30.3 Å². The molecule has 0 radical (unpaired) electrons. The van der Waals surface area contributed by atoms with Gasteiger partial charge in [0.2, 0.25) is 0 Å². The zero-order valence-corrected chi connectivity index (χ0v) is 10.7. The van der Waals surface area contributed by atoms with Crippen LogP contribution in [-0.2, 0) is 11.2 Å². The smallest absolute Gasteiger partial charge is 0.321 e. The number of aliphatic carboxylic acids is 1. The monoisotopic (exact) mass is 255 g/mol. The van der Waals surface area contributed by atoms with Crippen molar-refractivity contribution in [2.45, 2.75) is 32.4 Å². The molecule has 0 saturated carbocycles. The van der Waals surface area contributed by atoms with Crippen LogP contribution in [0.5, 0.6) is 5.75 Å². The molecule has 1 aromatic rings. The maximum atomic E-state index is 13.5. The zero-order chi connectivity index (χ0) is 13.7. The second-order valence-electron chi connectivity index (χ2n) is 4.39. The number of methoxy groups -OCH3 is 1. The lowest BCUT2D eigenvalue weighted by Gasteiger charge is -2.17. The minimum atomic E-state index is -0.945. The molecule has 0 saturated heterocycles. The van der Waals surface area contributed by atoms with Gasteiger partial charge in [0, 0.05) is 6.04 Å². The Balaban J connectivity index is 2.81. The van der Waals surface area contributed by atoms with E-state index in [9.17, 15) is 9.18 Å². The topological polar surface area (TPSA) is 58.6 Å². The fourth-order valence-corrected chi connectivity index (χ4v) is 1.69. The first kappa shape index (κ1) is 14.4. The highest BCUT2D eigenvalue weighted by Crippen LogP contribution is 2.18. The van der Waals surface area contributed by atoms with Gasteiger partial charge in [0.1, 0.15) is 6.04 Å². The van der Waals surface area contributed by atoms with Crippen molar-refractivity contribution in [2.24, 2.45) is 0 Å². The van der Waals surface area contributed by atoms with Gasteiger partial charge < -0.3 is 15.2 Å². The number of benzene rings is 1. The molecule has 18 heavy (non-hydrogen) atoms. The van der Waals surface area contributed by atoms with E-state index >= 15 is 0 Å². The van der Waals surface area contributed by atoms with Crippen LogP contribution in [0.4, 0.5) is 4.39 Å². The van der Waals surface area contributed by atoms with E-state index in [1.54, 1.807) is 6.07 Å². The first-order chi connectivity index (χ1) is 8.43. The molecule has 0 aliphatic carbocycles. The summed E-state index contributed by atoms with van der Waals surface area (Å²) in [6, 6.07) is 3.79. The molecule has 0 aromatic heterocycles. The summed E-state index contributed by atoms with van der Waals surface area (Å²) in [7, 11) is 1.39. The van der Waals surface area contributed by atoms with Crippen molar-refractivity contribution in [2.75, 3.05) is 7.11 Å². The van der Waals surface area contributed by atoms with Crippen LogP contribution < -0.4 is 10.1 Å². The fourth-order valence-electron chi connectivity index (χ4n) is 1.69. The standard InChI is InChI=1S/C13H18FNO3/c1-8(2)15-11(13(16)17)7-9-4-5-12(18-3)10(14)6-9/h4-6,8,11,15H,7H2,1-3H3,(H,16,17). The van der Waals surface area contributed by atoms with Gasteiger partial charge in [-0.3, -0.25) is 4.79 Å². The van der Waals surface area contributed by atoms with Crippen LogP contribution in [0.1, 0.15) is 19.4 Å². The number of carbonyl (C=O) groups is 1. The third-order valence-corrected chi connectivity index (χ3v) is 2.49. The van der Waals surface area contributed by atoms with Crippen molar-refractivity contribution in [1.29, 1.82) is 0 Å². The average molecular weight is 255 g/mol. The highest BCUT2D eigenvalue weighted by Gasteiger charge is 2.19. The summed E-state index contributed by atoms with van der Waals surface area (Å²) >= 11 is 0. The summed E-state index contributed by atoms with van der Waals surface area (Å²) < 4.78 is 18.3. The molecular formula is C13H18FNO3. The molecule has 0 bridgehead atoms. The molecule has 0 heterocycles. The molecule has 4 nitrogen and oxygen atoms in total. The largest absolute Gasteiger partial charge is 0.494 e. The Morgan fingerprint density at radius 1 is 1.50 bits per heavy atom. The summed E-state index contributed by atoms with van der Waals surface area (Å²) in [5, 5.41) is 12.0. The Labute approximate surface area is 106 Å². The molecule has 0 aliphatic rings. The van der Waals surface area contributed by atoms with Crippen LogP contribution in [0, 0.1) is 5.82 Å². The van der Waals surface area contributed by atoms with Crippen molar-refractivity contribution < 1.29 is 19.0 Å². The Morgan fingerprint density at radius 3 is 2.61 bits per heavy atom. The maximum absolute atomic E-state index is 13.5. The van der Waals surface area contributed by atoms with E-state index in [0.29, 0.717) is 5.56 Å². The predicted molar refractivity (Wildman–Crippen MR) is 66.4 cm³/mol. The van der Waals surface area contributed by atoms with E-state index in [2.05, 4.69) is 5.32 Å². The number of rotatable bonds is 6. The van der Waals surface area contributed by atoms with Crippen LogP contribution in [0.15, 0.2) is 18.2 Å². The second kappa shape index (κ2) is 6.35. The average Bonchev–Trinajstić information content (AvgIpc) is 2.27. The Bertz CT molecular complexity index is 421. The summed E-state index contributed by atoms with van der Waals surface area (Å²) in [6.07, 6.45) is 0.231. The third kappa shape index (κ3) is 4.00. The van der Waals surface area contributed by atoms with Crippen molar-refractivity contribution in [3.8, 4) is 5.75 Å². The molecule has 0 fully saturated rings. The van der Waals surface area contributed by atoms with E-state index in [-0.39, 0.29) is 18.2 Å². The number of hydrogen-bond acceptors (Lipinski definition) is 3. The normalized spacial score (nSPS) is 12.5. The van der Waals surface area contributed by atoms with Crippen molar-refractivity contribution in [3.63, 3.8) is 0 Å². The van der Waals surface area contributed by atoms with E-state index in [1.165, 1.54) is 19.2 Å². The fraction of sp³-hybridized carbons (Fsp3) is 0.462. The Hall–Kier alpha value is -1.62. The maximum Gasteiger partial charge on any atom is 0.321 e. The van der Waals surface area contributed by atoms with Crippen LogP contribution >= 0.6 is 0 Å². The molecule has 1 unspecified atom stereocenters. The van der Waals surface area contributed by atoms with Crippen LogP contribution in [0.2, 0.25) is 0 Å². The lowest BCUT2D eigenvalue weighted by atomic mass is 10.0. The number of halogens is 1. The van der Waals surface area contributed by atoms with E-state index in [1.807, 2.05) is 13.8 Å². The third-order valence-electron chi connectivity index (χ3n) is 2.49. The molecule has 1 aromatic carbocycles. The summed E-state index contributed by atoms with van der Waals surface area (Å²) in [6.45, 7) is 3.73. The second-order valence-corrected chi connectivity index (χ2v) is 4.39. The van der Waals surface area contributed by atoms with Gasteiger partial charge in [-0.25, -0.2) is 4.39 Å². The Morgan fingerprint density at radius 2 is 2.17 bits per heavy atom. The van der Waals surface area contributed by atoms with Gasteiger partial charge in [-0.15, -0.1) is 0 Å². The van der Waals surface area contributed by atoms with Gasteiger partial charge >= 0.3 is 5.97 Å². The molecule has 2 N–H and O–H groups in total. The molecule has 5 heteroatoms. The van der Waals surface area contributed by atoms with Crippen LogP contribution in [0.3, 0.4) is 0 Å². The Kier molecular flexibility index (Phi) is 5.09. The number of carboxylic acids is 1. The SMILES string of the molecule is COc1ccc(CC(NC(C)C)C(=O)O)cc1F. The van der Waals surface area contributed by atoms with Gasteiger partial charge in [-0.05, 0) is 24.1 Å². The highest BCUT2D eigenvalue weighted by atomic mass is 19.1. The summed E-state index contributed by atoms with van der Waals surface area (Å²) in [4.78, 5) is 11.1. The first-order valence-electron chi connectivity index (χ1n) is 5.75. The first-order valence-corrected chi connectivity index (χ1v) is 5.75. The molecule has 0 spiro atoms. The molecule has 1 atom stereocenters. The van der Waals surface area contributed by atoms with E-state index in [4.69, 9.17) is 9.84 Å². The van der Waals surface area contributed by atoms with Gasteiger partial charge in [0.15, 0.2) is 11.6 Å². The molecule has 0 amide bonds. The van der Waals surface area contributed by atoms with Crippen molar-refractivity contribution in [3.05, 3.63) is 29.6 Å². The lowest BCUT2D eigenvalue weighted by molar-refractivity contribution is -0.139. The van der Waals surface area contributed by atoms with Gasteiger partial charge in [-0.1, -0.05) is 19.9 Å². The minimum absolute atomic E-state index is 0.0502. The highest BCUT2D eigenvalue weighted by molar-refractivity contribution is 5.74. The van der Waals surface area contributed by atoms with E-state index in [0.717, 1.165) is 0 Å². The number of carboxylic acid groups (broad SMARTS) is 1. The number of ether oxygens (including phenoxy) is 1. The quantitative estimate of drug-likeness (QED) is 0.814. The summed E-state index contributed by atoms with van der Waals surface area (Å²) in [5.41, 5.74) is 0.619. The van der Waals surface area contributed by atoms with Gasteiger partial charge in [0.25, 0.3) is 0 Å². The molecule has 0 aliphatic heterocycles. The molecule has 1 rings (SSSR count). The zero-order valence-electron chi connectivity index (χ0n) is 10.7. The molecular weight excluding hydrogens is 237 g/mol. The predicted octanol–water partition coefficient (Wildman–Crippen LogP) is 1.83. The number of nitrogens with one attached hydrogen (secondary N) is 1.